The standard InChI is InChI=1S/C8H8N2O3S2/c11-7-4-14-8-5(9-7)2-1-3-6(8)10-15(12)13/h1-3,10H,4H2,(H,9,11)(H,12,13). The Balaban J connectivity index is 2.37. The Bertz CT molecular complexity index is 436. The van der Waals surface area contributed by atoms with Crippen LogP contribution in [0.3, 0.4) is 0 Å². The molecule has 0 aromatic heterocycles. The van der Waals surface area contributed by atoms with Crippen molar-refractivity contribution in [3.63, 3.8) is 0 Å². The van der Waals surface area contributed by atoms with Crippen molar-refractivity contribution in [3.8, 4) is 0 Å². The number of hydrogen-bond donors (Lipinski definition) is 3. The molecule has 0 saturated heterocycles. The van der Waals surface area contributed by atoms with Crippen LogP contribution in [0, 0.1) is 0 Å². The van der Waals surface area contributed by atoms with E-state index in [1.807, 2.05) is 0 Å². The van der Waals surface area contributed by atoms with Gasteiger partial charge in [-0.3, -0.25) is 14.1 Å². The van der Waals surface area contributed by atoms with Crippen molar-refractivity contribution in [1.29, 1.82) is 0 Å². The molecule has 0 saturated carbocycles. The minimum atomic E-state index is -2.10. The van der Waals surface area contributed by atoms with E-state index in [1.165, 1.54) is 11.8 Å². The van der Waals surface area contributed by atoms with E-state index in [2.05, 4.69) is 10.0 Å². The normalized spacial score (nSPS) is 16.5. The molecular formula is C8H8N2O3S2. The number of thioether (sulfide) groups is 1. The minimum absolute atomic E-state index is 0.0604. The number of carbonyl (C=O) groups is 1. The van der Waals surface area contributed by atoms with Crippen molar-refractivity contribution in [1.82, 2.24) is 0 Å². The van der Waals surface area contributed by atoms with Crippen LogP contribution in [0.4, 0.5) is 11.4 Å². The van der Waals surface area contributed by atoms with Crippen molar-refractivity contribution in [3.05, 3.63) is 18.2 Å². The summed E-state index contributed by atoms with van der Waals surface area (Å²) in [6, 6.07) is 5.16. The summed E-state index contributed by atoms with van der Waals surface area (Å²) in [6.45, 7) is 0. The average Bonchev–Trinajstić information content (AvgIpc) is 2.16. The second kappa shape index (κ2) is 4.21. The maximum absolute atomic E-state index is 11.1. The summed E-state index contributed by atoms with van der Waals surface area (Å²) in [6.07, 6.45) is 0. The van der Waals surface area contributed by atoms with E-state index in [0.29, 0.717) is 17.1 Å². The van der Waals surface area contributed by atoms with Crippen LogP contribution >= 0.6 is 11.8 Å². The first-order valence-corrected chi connectivity index (χ1v) is 6.19. The first-order chi connectivity index (χ1) is 7.16. The lowest BCUT2D eigenvalue weighted by molar-refractivity contribution is -0.113. The van der Waals surface area contributed by atoms with E-state index in [4.69, 9.17) is 4.55 Å². The Morgan fingerprint density at radius 2 is 2.33 bits per heavy atom. The third-order valence-corrected chi connectivity index (χ3v) is 3.36. The Hall–Kier alpha value is -1.05. The first-order valence-electron chi connectivity index (χ1n) is 4.10. The fraction of sp³-hybridized carbons (Fsp3) is 0.125. The molecule has 1 aliphatic rings. The van der Waals surface area contributed by atoms with E-state index >= 15 is 0 Å². The smallest absolute Gasteiger partial charge is 0.259 e. The van der Waals surface area contributed by atoms with Crippen molar-refractivity contribution in [2.45, 2.75) is 4.90 Å². The lowest BCUT2D eigenvalue weighted by Gasteiger charge is -2.18. The fourth-order valence-corrected chi connectivity index (χ4v) is 2.61. The maximum atomic E-state index is 11.1. The molecule has 1 heterocycles. The molecule has 1 amide bonds. The Morgan fingerprint density at radius 3 is 3.07 bits per heavy atom. The minimum Gasteiger partial charge on any atom is -0.324 e. The van der Waals surface area contributed by atoms with Crippen LogP contribution in [0.2, 0.25) is 0 Å². The van der Waals surface area contributed by atoms with Gasteiger partial charge in [-0.25, -0.2) is 4.21 Å². The number of hydrogen-bond acceptors (Lipinski definition) is 3. The molecule has 1 aromatic carbocycles. The third kappa shape index (κ3) is 2.31. The van der Waals surface area contributed by atoms with Crippen LogP contribution < -0.4 is 10.0 Å². The van der Waals surface area contributed by atoms with Gasteiger partial charge < -0.3 is 5.32 Å². The molecule has 0 aliphatic carbocycles. The molecule has 0 spiro atoms. The second-order valence-electron chi connectivity index (χ2n) is 2.87. The Morgan fingerprint density at radius 1 is 1.53 bits per heavy atom. The molecule has 1 atom stereocenters. The van der Waals surface area contributed by atoms with E-state index in [9.17, 15) is 9.00 Å². The lowest BCUT2D eigenvalue weighted by Crippen LogP contribution is -2.19. The number of carbonyl (C=O) groups excluding carboxylic acids is 1. The molecule has 0 fully saturated rings. The lowest BCUT2D eigenvalue weighted by atomic mass is 10.3. The molecule has 1 aliphatic heterocycles. The number of nitrogens with one attached hydrogen (secondary N) is 2. The van der Waals surface area contributed by atoms with Crippen molar-refractivity contribution in [2.75, 3.05) is 15.8 Å². The highest BCUT2D eigenvalue weighted by atomic mass is 32.2. The molecule has 1 unspecified atom stereocenters. The zero-order valence-electron chi connectivity index (χ0n) is 7.52. The average molecular weight is 244 g/mol. The summed E-state index contributed by atoms with van der Waals surface area (Å²) in [5.41, 5.74) is 1.23. The molecule has 80 valence electrons. The van der Waals surface area contributed by atoms with Crippen LogP contribution in [0.15, 0.2) is 23.1 Å². The van der Waals surface area contributed by atoms with Crippen LogP contribution in [0.5, 0.6) is 0 Å². The summed E-state index contributed by atoms with van der Waals surface area (Å²) in [7, 11) is 0. The predicted molar refractivity (Wildman–Crippen MR) is 60.2 cm³/mol. The Labute approximate surface area is 93.1 Å². The summed E-state index contributed by atoms with van der Waals surface area (Å²) in [4.78, 5) is 11.9. The van der Waals surface area contributed by atoms with E-state index in [-0.39, 0.29) is 5.91 Å². The van der Waals surface area contributed by atoms with Gasteiger partial charge in [0.1, 0.15) is 0 Å². The zero-order chi connectivity index (χ0) is 10.8. The van der Waals surface area contributed by atoms with Crippen LogP contribution in [0.25, 0.3) is 0 Å². The molecule has 15 heavy (non-hydrogen) atoms. The van der Waals surface area contributed by atoms with Crippen molar-refractivity contribution < 1.29 is 13.6 Å². The maximum Gasteiger partial charge on any atom is 0.259 e. The molecule has 1 aromatic rings. The fourth-order valence-electron chi connectivity index (χ4n) is 1.29. The van der Waals surface area contributed by atoms with Gasteiger partial charge in [0.05, 0.1) is 22.0 Å². The quantitative estimate of drug-likeness (QED) is 0.685. The number of amides is 1. The zero-order valence-corrected chi connectivity index (χ0v) is 9.15. The van der Waals surface area contributed by atoms with E-state index in [0.717, 1.165) is 4.90 Å². The van der Waals surface area contributed by atoms with E-state index < -0.39 is 11.3 Å². The van der Waals surface area contributed by atoms with Gasteiger partial charge in [0.25, 0.3) is 11.3 Å². The predicted octanol–water partition coefficient (Wildman–Crippen LogP) is 1.28. The molecule has 2 rings (SSSR count). The molecule has 7 heteroatoms. The first kappa shape index (κ1) is 10.5. The molecule has 5 nitrogen and oxygen atoms in total. The number of fused-ring (bicyclic) bond motifs is 1. The van der Waals surface area contributed by atoms with Crippen LogP contribution in [-0.2, 0) is 16.1 Å². The van der Waals surface area contributed by atoms with Crippen LogP contribution in [-0.4, -0.2) is 20.4 Å². The largest absolute Gasteiger partial charge is 0.324 e. The Kier molecular flexibility index (Phi) is 2.94. The summed E-state index contributed by atoms with van der Waals surface area (Å²) in [5.74, 6) is 0.263. The van der Waals surface area contributed by atoms with Gasteiger partial charge in [-0.2, -0.15) is 0 Å². The molecule has 0 bridgehead atoms. The SMILES string of the molecule is O=C1CSc2c(cccc2NS(=O)O)N1. The van der Waals surface area contributed by atoms with Gasteiger partial charge in [-0.15, -0.1) is 11.8 Å². The highest BCUT2D eigenvalue weighted by Gasteiger charge is 2.18. The van der Waals surface area contributed by atoms with Crippen LogP contribution in [0.1, 0.15) is 0 Å². The molecule has 3 N–H and O–H groups in total. The summed E-state index contributed by atoms with van der Waals surface area (Å²) < 4.78 is 21.7. The van der Waals surface area contributed by atoms with E-state index in [1.54, 1.807) is 18.2 Å². The van der Waals surface area contributed by atoms with Crippen molar-refractivity contribution in [2.24, 2.45) is 0 Å². The second-order valence-corrected chi connectivity index (χ2v) is 4.56. The van der Waals surface area contributed by atoms with Gasteiger partial charge in [-0.05, 0) is 12.1 Å². The number of benzene rings is 1. The summed E-state index contributed by atoms with van der Waals surface area (Å²) in [5, 5.41) is 2.69. The highest BCUT2D eigenvalue weighted by molar-refractivity contribution is 8.00. The highest BCUT2D eigenvalue weighted by Crippen LogP contribution is 2.37. The third-order valence-electron chi connectivity index (χ3n) is 1.83. The monoisotopic (exact) mass is 244 g/mol. The van der Waals surface area contributed by atoms with Gasteiger partial charge in [-0.1, -0.05) is 6.07 Å². The van der Waals surface area contributed by atoms with Gasteiger partial charge in [0.2, 0.25) is 5.91 Å². The number of anilines is 2. The molecule has 0 radical (unpaired) electrons. The summed E-state index contributed by atoms with van der Waals surface area (Å²) >= 11 is -0.754. The van der Waals surface area contributed by atoms with Gasteiger partial charge in [0, 0.05) is 0 Å². The van der Waals surface area contributed by atoms with Gasteiger partial charge >= 0.3 is 0 Å². The topological polar surface area (TPSA) is 78.4 Å². The van der Waals surface area contributed by atoms with Gasteiger partial charge in [0.15, 0.2) is 0 Å². The molecular weight excluding hydrogens is 236 g/mol. The number of rotatable bonds is 2. The van der Waals surface area contributed by atoms with Crippen molar-refractivity contribution >= 4 is 40.3 Å².